The molecule has 0 unspecified atom stereocenters. The molecule has 3 nitrogen and oxygen atoms in total. The summed E-state index contributed by atoms with van der Waals surface area (Å²) in [6.07, 6.45) is 0. The summed E-state index contributed by atoms with van der Waals surface area (Å²) in [7, 11) is 2.17. The maximum atomic E-state index is 6.04. The molecule has 47 heavy (non-hydrogen) atoms. The molecule has 0 amide bonds. The van der Waals surface area contributed by atoms with Gasteiger partial charge in [-0.3, -0.25) is 0 Å². The number of aryl methyl sites for hydroxylation is 1. The van der Waals surface area contributed by atoms with Crippen LogP contribution in [-0.2, 0) is 0 Å². The van der Waals surface area contributed by atoms with E-state index in [0.717, 1.165) is 27.6 Å². The smallest absolute Gasteiger partial charge is 0.135 e. The largest absolute Gasteiger partial charge is 0.456 e. The normalized spacial score (nSPS) is 12.4. The fourth-order valence-electron chi connectivity index (χ4n) is 6.98. The predicted molar refractivity (Wildman–Crippen MR) is 198 cm³/mol. The summed E-state index contributed by atoms with van der Waals surface area (Å²) in [6.45, 7) is 2.16. The highest BCUT2D eigenvalue weighted by molar-refractivity contribution is 6.06. The van der Waals surface area contributed by atoms with Crippen molar-refractivity contribution in [2.75, 3.05) is 16.8 Å². The summed E-state index contributed by atoms with van der Waals surface area (Å²) in [5.74, 6) is 0. The molecule has 0 aliphatic carbocycles. The molecule has 1 aliphatic heterocycles. The van der Waals surface area contributed by atoms with Crippen LogP contribution in [-0.4, -0.2) is 7.05 Å². The Bertz CT molecular complexity index is 2420. The molecule has 0 bridgehead atoms. The molecule has 2 heterocycles. The van der Waals surface area contributed by atoms with Crippen LogP contribution in [0.1, 0.15) is 5.56 Å². The molecule has 3 heteroatoms. The number of nitrogens with zero attached hydrogens (tertiary/aromatic N) is 2. The monoisotopic (exact) mass is 604 g/mol. The van der Waals surface area contributed by atoms with Crippen LogP contribution < -0.4 is 9.80 Å². The second-order valence-corrected chi connectivity index (χ2v) is 12.4. The van der Waals surface area contributed by atoms with E-state index in [9.17, 15) is 0 Å². The van der Waals surface area contributed by atoms with Crippen molar-refractivity contribution in [3.63, 3.8) is 0 Å². The third kappa shape index (κ3) is 4.59. The van der Waals surface area contributed by atoms with E-state index in [1.807, 2.05) is 12.1 Å². The number of furan rings is 1. The van der Waals surface area contributed by atoms with Crippen LogP contribution in [0.15, 0.2) is 162 Å². The topological polar surface area (TPSA) is 19.6 Å². The zero-order valence-corrected chi connectivity index (χ0v) is 26.3. The molecule has 7 aromatic carbocycles. The third-order valence-electron chi connectivity index (χ3n) is 9.47. The summed E-state index contributed by atoms with van der Waals surface area (Å²) < 4.78 is 6.04. The molecular weight excluding hydrogens is 572 g/mol. The Morgan fingerprint density at radius 2 is 0.936 bits per heavy atom. The van der Waals surface area contributed by atoms with Crippen LogP contribution in [0, 0.1) is 6.92 Å². The first kappa shape index (κ1) is 27.3. The molecule has 0 N–H and O–H groups in total. The Morgan fingerprint density at radius 1 is 0.404 bits per heavy atom. The van der Waals surface area contributed by atoms with Gasteiger partial charge < -0.3 is 14.2 Å². The summed E-state index contributed by atoms with van der Waals surface area (Å²) >= 11 is 0. The molecular formula is C44H32N2O. The van der Waals surface area contributed by atoms with Gasteiger partial charge in [-0.25, -0.2) is 0 Å². The van der Waals surface area contributed by atoms with Gasteiger partial charge in [-0.2, -0.15) is 0 Å². The standard InChI is InChI=1S/C44H32N2O/c1-29-12-23-39-41(26-29)45(2)42-28-35(30-8-4-3-5-9-30)19-24-40(42)46(39)36-21-17-32(18-22-36)31-13-15-33(16-14-31)34-20-25-44-38(27-34)37-10-6-7-11-43(37)47-44/h3-28H,1-2H3. The van der Waals surface area contributed by atoms with Gasteiger partial charge in [0.05, 0.1) is 22.7 Å². The Hall–Kier alpha value is -6.06. The van der Waals surface area contributed by atoms with E-state index in [-0.39, 0.29) is 0 Å². The number of rotatable bonds is 4. The maximum Gasteiger partial charge on any atom is 0.135 e. The summed E-state index contributed by atoms with van der Waals surface area (Å²) in [6, 6.07) is 56.6. The van der Waals surface area contributed by atoms with Gasteiger partial charge in [0.2, 0.25) is 0 Å². The highest BCUT2D eigenvalue weighted by atomic mass is 16.3. The van der Waals surface area contributed by atoms with Crippen LogP contribution in [0.3, 0.4) is 0 Å². The van der Waals surface area contributed by atoms with Gasteiger partial charge >= 0.3 is 0 Å². The average Bonchev–Trinajstić information content (AvgIpc) is 3.51. The number of hydrogen-bond acceptors (Lipinski definition) is 3. The van der Waals surface area contributed by atoms with Crippen molar-refractivity contribution >= 4 is 50.4 Å². The minimum Gasteiger partial charge on any atom is -0.456 e. The molecule has 1 aromatic heterocycles. The minimum absolute atomic E-state index is 0.920. The fraction of sp³-hybridized carbons (Fsp3) is 0.0455. The molecule has 9 rings (SSSR count). The lowest BCUT2D eigenvalue weighted by Crippen LogP contribution is -2.24. The van der Waals surface area contributed by atoms with Crippen molar-refractivity contribution in [1.82, 2.24) is 0 Å². The fourth-order valence-corrected chi connectivity index (χ4v) is 6.98. The highest BCUT2D eigenvalue weighted by Crippen LogP contribution is 2.52. The van der Waals surface area contributed by atoms with Crippen LogP contribution in [0.4, 0.5) is 28.4 Å². The molecule has 0 saturated heterocycles. The van der Waals surface area contributed by atoms with Crippen molar-refractivity contribution in [2.24, 2.45) is 0 Å². The van der Waals surface area contributed by atoms with Crippen LogP contribution >= 0.6 is 0 Å². The lowest BCUT2D eigenvalue weighted by Gasteiger charge is -2.39. The Labute approximate surface area is 274 Å². The van der Waals surface area contributed by atoms with Gasteiger partial charge in [0.1, 0.15) is 11.2 Å². The van der Waals surface area contributed by atoms with E-state index in [4.69, 9.17) is 4.42 Å². The van der Waals surface area contributed by atoms with Crippen LogP contribution in [0.25, 0.3) is 55.3 Å². The van der Waals surface area contributed by atoms with E-state index >= 15 is 0 Å². The second kappa shape index (κ2) is 10.8. The van der Waals surface area contributed by atoms with E-state index in [1.54, 1.807) is 0 Å². The first-order valence-corrected chi connectivity index (χ1v) is 16.1. The molecule has 224 valence electrons. The number of anilines is 5. The summed E-state index contributed by atoms with van der Waals surface area (Å²) in [5.41, 5.74) is 16.1. The zero-order chi connectivity index (χ0) is 31.5. The molecule has 0 radical (unpaired) electrons. The van der Waals surface area contributed by atoms with Gasteiger partial charge in [0.25, 0.3) is 0 Å². The van der Waals surface area contributed by atoms with Crippen molar-refractivity contribution in [3.05, 3.63) is 163 Å². The Balaban J connectivity index is 1.05. The SMILES string of the molecule is Cc1ccc2c(c1)N(C)c1cc(-c3ccccc3)ccc1N2c1ccc(-c2ccc(-c3ccc4oc5ccccc5c4c3)cc2)cc1. The number of hydrogen-bond donors (Lipinski definition) is 0. The quantitative estimate of drug-likeness (QED) is 0.199. The maximum absolute atomic E-state index is 6.04. The van der Waals surface area contributed by atoms with E-state index in [1.165, 1.54) is 61.7 Å². The minimum atomic E-state index is 0.920. The molecule has 0 fully saturated rings. The van der Waals surface area contributed by atoms with E-state index < -0.39 is 0 Å². The molecule has 0 saturated carbocycles. The van der Waals surface area contributed by atoms with E-state index in [2.05, 4.69) is 169 Å². The average molecular weight is 605 g/mol. The van der Waals surface area contributed by atoms with Crippen molar-refractivity contribution in [2.45, 2.75) is 6.92 Å². The van der Waals surface area contributed by atoms with Gasteiger partial charge in [-0.15, -0.1) is 0 Å². The van der Waals surface area contributed by atoms with Crippen molar-refractivity contribution in [3.8, 4) is 33.4 Å². The number of para-hydroxylation sites is 1. The first-order valence-electron chi connectivity index (χ1n) is 16.1. The molecule has 1 aliphatic rings. The first-order chi connectivity index (χ1) is 23.1. The summed E-state index contributed by atoms with van der Waals surface area (Å²) in [5, 5.41) is 2.30. The highest BCUT2D eigenvalue weighted by Gasteiger charge is 2.28. The Morgan fingerprint density at radius 3 is 1.70 bits per heavy atom. The van der Waals surface area contributed by atoms with Gasteiger partial charge in [0, 0.05) is 23.5 Å². The van der Waals surface area contributed by atoms with Gasteiger partial charge in [-0.05, 0) is 100 Å². The lowest BCUT2D eigenvalue weighted by atomic mass is 9.98. The predicted octanol–water partition coefficient (Wildman–Crippen LogP) is 12.4. The lowest BCUT2D eigenvalue weighted by molar-refractivity contribution is 0.669. The third-order valence-corrected chi connectivity index (χ3v) is 9.47. The van der Waals surface area contributed by atoms with Gasteiger partial charge in [-0.1, -0.05) is 103 Å². The van der Waals surface area contributed by atoms with Gasteiger partial charge in [0.15, 0.2) is 0 Å². The number of benzene rings is 7. The Kier molecular flexibility index (Phi) is 6.26. The number of fused-ring (bicyclic) bond motifs is 5. The summed E-state index contributed by atoms with van der Waals surface area (Å²) in [4.78, 5) is 4.71. The molecule has 0 spiro atoms. The zero-order valence-electron chi connectivity index (χ0n) is 26.3. The van der Waals surface area contributed by atoms with E-state index in [0.29, 0.717) is 0 Å². The molecule has 0 atom stereocenters. The molecule has 8 aromatic rings. The van der Waals surface area contributed by atoms with Crippen LogP contribution in [0.5, 0.6) is 0 Å². The van der Waals surface area contributed by atoms with Crippen molar-refractivity contribution < 1.29 is 4.42 Å². The van der Waals surface area contributed by atoms with Crippen molar-refractivity contribution in [1.29, 1.82) is 0 Å². The van der Waals surface area contributed by atoms with Crippen LogP contribution in [0.2, 0.25) is 0 Å². The second-order valence-electron chi connectivity index (χ2n) is 12.4.